The highest BCUT2D eigenvalue weighted by atomic mass is 35.5. The normalized spacial score (nSPS) is 10.8. The maximum Gasteiger partial charge on any atom is 0.280 e. The fraction of sp³-hybridized carbons (Fsp3) is 0.375. The summed E-state index contributed by atoms with van der Waals surface area (Å²) in [6.45, 7) is 1.67. The van der Waals surface area contributed by atoms with Crippen LogP contribution in [0.15, 0.2) is 12.1 Å². The van der Waals surface area contributed by atoms with Gasteiger partial charge in [0.15, 0.2) is 0 Å². The third kappa shape index (κ3) is 1.91. The lowest BCUT2D eigenvalue weighted by Gasteiger charge is -2.03. The topological polar surface area (TPSA) is 12.9 Å². The Hall–Kier alpha value is -0.700. The number of rotatable bonds is 2. The Balaban J connectivity index is 3.02. The molecule has 0 aliphatic rings. The Morgan fingerprint density at radius 1 is 1.50 bits per heavy atom. The van der Waals surface area contributed by atoms with E-state index in [1.807, 2.05) is 0 Å². The molecule has 1 aromatic rings. The molecular formula is C8H8ClF2N. The molecule has 0 aliphatic heterocycles. The first kappa shape index (κ1) is 9.39. The lowest BCUT2D eigenvalue weighted by molar-refractivity contribution is 0.146. The van der Waals surface area contributed by atoms with E-state index in [9.17, 15) is 8.78 Å². The minimum Gasteiger partial charge on any atom is -0.252 e. The second kappa shape index (κ2) is 3.81. The highest BCUT2D eigenvalue weighted by Crippen LogP contribution is 2.18. The molecular weight excluding hydrogens is 184 g/mol. The quantitative estimate of drug-likeness (QED) is 0.655. The zero-order valence-corrected chi connectivity index (χ0v) is 7.28. The molecule has 1 nitrogen and oxygen atoms in total. The van der Waals surface area contributed by atoms with E-state index in [1.165, 1.54) is 6.07 Å². The Bertz CT molecular complexity index is 276. The van der Waals surface area contributed by atoms with Crippen LogP contribution in [0, 0.1) is 6.92 Å². The van der Waals surface area contributed by atoms with Gasteiger partial charge >= 0.3 is 0 Å². The van der Waals surface area contributed by atoms with Crippen LogP contribution in [0.2, 0.25) is 0 Å². The van der Waals surface area contributed by atoms with Crippen LogP contribution in [-0.4, -0.2) is 4.98 Å². The maximum atomic E-state index is 12.1. The second-order valence-electron chi connectivity index (χ2n) is 2.41. The van der Waals surface area contributed by atoms with Gasteiger partial charge in [0.1, 0.15) is 5.69 Å². The maximum absolute atomic E-state index is 12.1. The lowest BCUT2D eigenvalue weighted by Crippen LogP contribution is -1.95. The summed E-state index contributed by atoms with van der Waals surface area (Å²) in [6, 6.07) is 2.88. The first-order chi connectivity index (χ1) is 5.65. The van der Waals surface area contributed by atoms with Crippen LogP contribution >= 0.6 is 11.6 Å². The van der Waals surface area contributed by atoms with Gasteiger partial charge in [0.2, 0.25) is 0 Å². The third-order valence-corrected chi connectivity index (χ3v) is 1.87. The molecule has 0 aromatic carbocycles. The van der Waals surface area contributed by atoms with Crippen LogP contribution in [0.3, 0.4) is 0 Å². The molecule has 0 bridgehead atoms. The fourth-order valence-electron chi connectivity index (χ4n) is 0.872. The Kier molecular flexibility index (Phi) is 2.98. The van der Waals surface area contributed by atoms with E-state index in [0.717, 1.165) is 5.56 Å². The van der Waals surface area contributed by atoms with Crippen molar-refractivity contribution < 1.29 is 8.78 Å². The van der Waals surface area contributed by atoms with Crippen molar-refractivity contribution in [1.29, 1.82) is 0 Å². The van der Waals surface area contributed by atoms with E-state index in [4.69, 9.17) is 11.6 Å². The summed E-state index contributed by atoms with van der Waals surface area (Å²) in [5, 5.41) is 0. The number of pyridine rings is 1. The predicted molar refractivity (Wildman–Crippen MR) is 43.5 cm³/mol. The molecule has 1 rings (SSSR count). The van der Waals surface area contributed by atoms with Crippen molar-refractivity contribution in [3.63, 3.8) is 0 Å². The van der Waals surface area contributed by atoms with Crippen molar-refractivity contribution in [2.24, 2.45) is 0 Å². The monoisotopic (exact) mass is 191 g/mol. The van der Waals surface area contributed by atoms with Crippen molar-refractivity contribution >= 4 is 11.6 Å². The molecule has 0 saturated heterocycles. The average molecular weight is 192 g/mol. The van der Waals surface area contributed by atoms with Crippen LogP contribution in [0.1, 0.15) is 23.4 Å². The van der Waals surface area contributed by atoms with Gasteiger partial charge in [0.25, 0.3) is 6.43 Å². The number of hydrogen-bond acceptors (Lipinski definition) is 1. The van der Waals surface area contributed by atoms with Crippen molar-refractivity contribution in [3.8, 4) is 0 Å². The molecule has 0 spiro atoms. The molecule has 0 amide bonds. The first-order valence-electron chi connectivity index (χ1n) is 3.45. The van der Waals surface area contributed by atoms with Gasteiger partial charge in [0.05, 0.1) is 0 Å². The molecule has 0 fully saturated rings. The molecule has 0 unspecified atom stereocenters. The largest absolute Gasteiger partial charge is 0.280 e. The molecule has 1 aromatic heterocycles. The Morgan fingerprint density at radius 2 is 2.17 bits per heavy atom. The molecule has 0 atom stereocenters. The van der Waals surface area contributed by atoms with Gasteiger partial charge < -0.3 is 0 Å². The number of alkyl halides is 3. The zero-order chi connectivity index (χ0) is 9.14. The highest BCUT2D eigenvalue weighted by molar-refractivity contribution is 6.17. The molecule has 4 heteroatoms. The van der Waals surface area contributed by atoms with Crippen molar-refractivity contribution in [3.05, 3.63) is 29.1 Å². The lowest BCUT2D eigenvalue weighted by atomic mass is 10.2. The standard InChI is InChI=1S/C8H8ClF2N/c1-5-6(4-9)2-3-7(12-5)8(10)11/h2-3,8H,4H2,1H3. The number of aryl methyl sites for hydroxylation is 1. The van der Waals surface area contributed by atoms with E-state index >= 15 is 0 Å². The summed E-state index contributed by atoms with van der Waals surface area (Å²) < 4.78 is 24.2. The Labute approximate surface area is 74.4 Å². The van der Waals surface area contributed by atoms with E-state index in [0.29, 0.717) is 11.6 Å². The average Bonchev–Trinajstić information content (AvgIpc) is 2.04. The smallest absolute Gasteiger partial charge is 0.252 e. The molecule has 66 valence electrons. The van der Waals surface area contributed by atoms with Crippen LogP contribution in [-0.2, 0) is 5.88 Å². The van der Waals surface area contributed by atoms with Gasteiger partial charge in [-0.3, -0.25) is 4.98 Å². The number of aromatic nitrogens is 1. The molecule has 0 aliphatic carbocycles. The summed E-state index contributed by atoms with van der Waals surface area (Å²) >= 11 is 5.54. The van der Waals surface area contributed by atoms with E-state index in [-0.39, 0.29) is 5.69 Å². The van der Waals surface area contributed by atoms with Crippen LogP contribution in [0.25, 0.3) is 0 Å². The van der Waals surface area contributed by atoms with Crippen molar-refractivity contribution in [2.45, 2.75) is 19.2 Å². The third-order valence-electron chi connectivity index (χ3n) is 1.58. The van der Waals surface area contributed by atoms with Gasteiger partial charge in [-0.2, -0.15) is 0 Å². The molecule has 0 N–H and O–H groups in total. The second-order valence-corrected chi connectivity index (χ2v) is 2.68. The molecule has 1 heterocycles. The molecule has 0 saturated carbocycles. The molecule has 12 heavy (non-hydrogen) atoms. The fourth-order valence-corrected chi connectivity index (χ4v) is 1.15. The summed E-state index contributed by atoms with van der Waals surface area (Å²) in [5.41, 5.74) is 1.17. The summed E-state index contributed by atoms with van der Waals surface area (Å²) in [7, 11) is 0. The van der Waals surface area contributed by atoms with Crippen LogP contribution < -0.4 is 0 Å². The van der Waals surface area contributed by atoms with Gasteiger partial charge in [0, 0.05) is 11.6 Å². The van der Waals surface area contributed by atoms with E-state index in [2.05, 4.69) is 4.98 Å². The number of nitrogens with zero attached hydrogens (tertiary/aromatic N) is 1. The minimum atomic E-state index is -2.51. The van der Waals surface area contributed by atoms with E-state index in [1.54, 1.807) is 13.0 Å². The number of halogens is 3. The zero-order valence-electron chi connectivity index (χ0n) is 6.52. The van der Waals surface area contributed by atoms with Crippen molar-refractivity contribution in [2.75, 3.05) is 0 Å². The minimum absolute atomic E-state index is 0.193. The van der Waals surface area contributed by atoms with Gasteiger partial charge in [-0.15, -0.1) is 11.6 Å². The highest BCUT2D eigenvalue weighted by Gasteiger charge is 2.09. The van der Waals surface area contributed by atoms with Gasteiger partial charge in [-0.05, 0) is 18.6 Å². The SMILES string of the molecule is Cc1nc(C(F)F)ccc1CCl. The predicted octanol–water partition coefficient (Wildman–Crippen LogP) is 3.07. The van der Waals surface area contributed by atoms with Gasteiger partial charge in [-0.25, -0.2) is 8.78 Å². The molecule has 0 radical (unpaired) electrons. The Morgan fingerprint density at radius 3 is 2.58 bits per heavy atom. The number of hydrogen-bond donors (Lipinski definition) is 0. The summed E-state index contributed by atoms with van der Waals surface area (Å²) in [6.07, 6.45) is -2.51. The first-order valence-corrected chi connectivity index (χ1v) is 3.99. The van der Waals surface area contributed by atoms with Crippen LogP contribution in [0.5, 0.6) is 0 Å². The van der Waals surface area contributed by atoms with E-state index < -0.39 is 6.43 Å². The van der Waals surface area contributed by atoms with Gasteiger partial charge in [-0.1, -0.05) is 6.07 Å². The summed E-state index contributed by atoms with van der Waals surface area (Å²) in [4.78, 5) is 3.71. The van der Waals surface area contributed by atoms with Crippen LogP contribution in [0.4, 0.5) is 8.78 Å². The summed E-state index contributed by atoms with van der Waals surface area (Å²) in [5.74, 6) is 0.308. The van der Waals surface area contributed by atoms with Crippen molar-refractivity contribution in [1.82, 2.24) is 4.98 Å².